The van der Waals surface area contributed by atoms with E-state index in [9.17, 15) is 14.0 Å². The van der Waals surface area contributed by atoms with Crippen LogP contribution in [-0.2, 0) is 0 Å². The number of carbonyl (C=O) groups excluding carboxylic acids is 2. The molecule has 2 amide bonds. The number of aryl methyl sites for hydroxylation is 1. The molecule has 27 heavy (non-hydrogen) atoms. The summed E-state index contributed by atoms with van der Waals surface area (Å²) in [4.78, 5) is 25.3. The molecule has 0 aliphatic rings. The SMILES string of the molecule is Cc1cc(NC(=O)c2ccccc2Cl)sc1C(=O)Nc1ccc(F)c(Cl)c1. The lowest BCUT2D eigenvalue weighted by atomic mass is 10.2. The molecule has 0 bridgehead atoms. The average Bonchev–Trinajstić information content (AvgIpc) is 2.99. The van der Waals surface area contributed by atoms with Crippen LogP contribution >= 0.6 is 34.5 Å². The Kier molecular flexibility index (Phi) is 5.79. The highest BCUT2D eigenvalue weighted by Crippen LogP contribution is 2.29. The second-order valence-electron chi connectivity index (χ2n) is 5.64. The Labute approximate surface area is 168 Å². The van der Waals surface area contributed by atoms with Gasteiger partial charge in [0.1, 0.15) is 5.82 Å². The van der Waals surface area contributed by atoms with Gasteiger partial charge < -0.3 is 10.6 Å². The lowest BCUT2D eigenvalue weighted by molar-refractivity contribution is 0.102. The number of halogens is 3. The van der Waals surface area contributed by atoms with Crippen molar-refractivity contribution in [2.45, 2.75) is 6.92 Å². The van der Waals surface area contributed by atoms with Gasteiger partial charge in [-0.15, -0.1) is 11.3 Å². The summed E-state index contributed by atoms with van der Waals surface area (Å²) in [6.45, 7) is 1.76. The molecule has 2 aromatic carbocycles. The molecule has 1 aromatic heterocycles. The molecule has 0 atom stereocenters. The fourth-order valence-corrected chi connectivity index (χ4v) is 3.72. The minimum absolute atomic E-state index is 0.0802. The van der Waals surface area contributed by atoms with Gasteiger partial charge in [0.25, 0.3) is 11.8 Å². The van der Waals surface area contributed by atoms with Crippen LogP contribution < -0.4 is 10.6 Å². The van der Waals surface area contributed by atoms with Crippen LogP contribution in [0.3, 0.4) is 0 Å². The Bertz CT molecular complexity index is 1040. The summed E-state index contributed by atoms with van der Waals surface area (Å²) in [5.41, 5.74) is 1.41. The van der Waals surface area contributed by atoms with E-state index in [1.807, 2.05) is 0 Å². The van der Waals surface area contributed by atoms with Crippen LogP contribution in [0.15, 0.2) is 48.5 Å². The highest BCUT2D eigenvalue weighted by Gasteiger charge is 2.17. The van der Waals surface area contributed by atoms with Gasteiger partial charge in [0, 0.05) is 5.69 Å². The number of carbonyl (C=O) groups is 2. The van der Waals surface area contributed by atoms with Gasteiger partial charge in [0.05, 0.1) is 25.5 Å². The Hall–Kier alpha value is -2.41. The van der Waals surface area contributed by atoms with Crippen molar-refractivity contribution in [3.05, 3.63) is 80.4 Å². The van der Waals surface area contributed by atoms with Gasteiger partial charge in [-0.3, -0.25) is 9.59 Å². The minimum atomic E-state index is -0.563. The van der Waals surface area contributed by atoms with E-state index < -0.39 is 5.82 Å². The number of hydrogen-bond donors (Lipinski definition) is 2. The van der Waals surface area contributed by atoms with Crippen molar-refractivity contribution >= 4 is 57.0 Å². The number of nitrogens with one attached hydrogen (secondary N) is 2. The zero-order valence-corrected chi connectivity index (χ0v) is 16.3. The number of benzene rings is 2. The van der Waals surface area contributed by atoms with Gasteiger partial charge in [-0.05, 0) is 48.9 Å². The van der Waals surface area contributed by atoms with Gasteiger partial charge in [-0.2, -0.15) is 0 Å². The largest absolute Gasteiger partial charge is 0.321 e. The fourth-order valence-electron chi connectivity index (χ4n) is 2.36. The second kappa shape index (κ2) is 8.08. The van der Waals surface area contributed by atoms with E-state index in [0.29, 0.717) is 31.7 Å². The Balaban J connectivity index is 1.75. The molecule has 0 saturated carbocycles. The highest BCUT2D eigenvalue weighted by molar-refractivity contribution is 7.18. The predicted octanol–water partition coefficient (Wildman–Crippen LogP) is 6.01. The Morgan fingerprint density at radius 3 is 2.41 bits per heavy atom. The molecule has 0 radical (unpaired) electrons. The smallest absolute Gasteiger partial charge is 0.266 e. The maximum atomic E-state index is 13.2. The number of amides is 2. The number of thiophene rings is 1. The molecule has 2 N–H and O–H groups in total. The highest BCUT2D eigenvalue weighted by atomic mass is 35.5. The zero-order valence-electron chi connectivity index (χ0n) is 14.0. The van der Waals surface area contributed by atoms with Crippen LogP contribution in [0.1, 0.15) is 25.6 Å². The first-order chi connectivity index (χ1) is 12.8. The third kappa shape index (κ3) is 4.47. The first kappa shape index (κ1) is 19.4. The normalized spacial score (nSPS) is 10.5. The second-order valence-corrected chi connectivity index (χ2v) is 7.51. The van der Waals surface area contributed by atoms with Gasteiger partial charge >= 0.3 is 0 Å². The van der Waals surface area contributed by atoms with E-state index in [4.69, 9.17) is 23.2 Å². The molecule has 138 valence electrons. The van der Waals surface area contributed by atoms with Gasteiger partial charge in [-0.25, -0.2) is 4.39 Å². The van der Waals surface area contributed by atoms with Crippen molar-refractivity contribution in [1.29, 1.82) is 0 Å². The summed E-state index contributed by atoms with van der Waals surface area (Å²) in [6.07, 6.45) is 0. The molecular weight excluding hydrogens is 410 g/mol. The van der Waals surface area contributed by atoms with E-state index in [1.54, 1.807) is 37.3 Å². The fraction of sp³-hybridized carbons (Fsp3) is 0.0526. The number of hydrogen-bond acceptors (Lipinski definition) is 3. The van der Waals surface area contributed by atoms with Crippen LogP contribution in [0.25, 0.3) is 0 Å². The monoisotopic (exact) mass is 422 g/mol. The van der Waals surface area contributed by atoms with Crippen LogP contribution in [0.4, 0.5) is 15.1 Å². The maximum Gasteiger partial charge on any atom is 0.266 e. The van der Waals surface area contributed by atoms with Crippen molar-refractivity contribution in [2.24, 2.45) is 0 Å². The predicted molar refractivity (Wildman–Crippen MR) is 108 cm³/mol. The molecule has 0 fully saturated rings. The third-order valence-corrected chi connectivity index (χ3v) is 5.43. The minimum Gasteiger partial charge on any atom is -0.321 e. The molecule has 0 aliphatic carbocycles. The van der Waals surface area contributed by atoms with Crippen LogP contribution in [0.5, 0.6) is 0 Å². The van der Waals surface area contributed by atoms with Gasteiger partial charge in [-0.1, -0.05) is 35.3 Å². The molecule has 0 spiro atoms. The number of anilines is 2. The topological polar surface area (TPSA) is 58.2 Å². The molecule has 3 aromatic rings. The molecule has 4 nitrogen and oxygen atoms in total. The van der Waals surface area contributed by atoms with Gasteiger partial charge in [0.15, 0.2) is 0 Å². The van der Waals surface area contributed by atoms with E-state index in [2.05, 4.69) is 10.6 Å². The van der Waals surface area contributed by atoms with Crippen molar-refractivity contribution < 1.29 is 14.0 Å². The summed E-state index contributed by atoms with van der Waals surface area (Å²) < 4.78 is 13.2. The average molecular weight is 423 g/mol. The van der Waals surface area contributed by atoms with Gasteiger partial charge in [0.2, 0.25) is 0 Å². The summed E-state index contributed by atoms with van der Waals surface area (Å²) in [6, 6.07) is 12.3. The first-order valence-electron chi connectivity index (χ1n) is 7.78. The van der Waals surface area contributed by atoms with E-state index in [1.165, 1.54) is 18.2 Å². The van der Waals surface area contributed by atoms with Crippen LogP contribution in [-0.4, -0.2) is 11.8 Å². The van der Waals surface area contributed by atoms with Crippen LogP contribution in [0, 0.1) is 12.7 Å². The molecule has 0 saturated heterocycles. The zero-order chi connectivity index (χ0) is 19.6. The number of rotatable bonds is 4. The van der Waals surface area contributed by atoms with E-state index >= 15 is 0 Å². The Morgan fingerprint density at radius 1 is 0.963 bits per heavy atom. The standard InChI is InChI=1S/C19H13Cl2FN2O2S/c1-10-8-16(24-18(25)12-4-2-3-5-13(12)20)27-17(10)19(26)23-11-6-7-15(22)14(21)9-11/h2-9H,1H3,(H,23,26)(H,24,25). The van der Waals surface area contributed by atoms with Crippen LogP contribution in [0.2, 0.25) is 10.0 Å². The molecule has 0 aliphatic heterocycles. The summed E-state index contributed by atoms with van der Waals surface area (Å²) in [5.74, 6) is -1.30. The first-order valence-corrected chi connectivity index (χ1v) is 9.35. The maximum absolute atomic E-state index is 13.2. The van der Waals surface area contributed by atoms with Crippen molar-refractivity contribution in [2.75, 3.05) is 10.6 Å². The molecule has 1 heterocycles. The Morgan fingerprint density at radius 2 is 1.70 bits per heavy atom. The third-order valence-electron chi connectivity index (χ3n) is 3.66. The quantitative estimate of drug-likeness (QED) is 0.540. The molecule has 3 rings (SSSR count). The van der Waals surface area contributed by atoms with Crippen molar-refractivity contribution in [3.8, 4) is 0 Å². The van der Waals surface area contributed by atoms with Crippen molar-refractivity contribution in [3.63, 3.8) is 0 Å². The molecule has 8 heteroatoms. The van der Waals surface area contributed by atoms with Crippen molar-refractivity contribution in [1.82, 2.24) is 0 Å². The van der Waals surface area contributed by atoms with E-state index in [0.717, 1.165) is 11.3 Å². The summed E-state index contributed by atoms with van der Waals surface area (Å²) in [5, 5.41) is 6.18. The van der Waals surface area contributed by atoms with E-state index in [-0.39, 0.29) is 16.8 Å². The summed E-state index contributed by atoms with van der Waals surface area (Å²) in [7, 11) is 0. The lowest BCUT2D eigenvalue weighted by Gasteiger charge is -2.05. The summed E-state index contributed by atoms with van der Waals surface area (Å²) >= 11 is 12.9. The molecular formula is C19H13Cl2FN2O2S. The molecule has 0 unspecified atom stereocenters. The lowest BCUT2D eigenvalue weighted by Crippen LogP contribution is -2.12.